The minimum atomic E-state index is -0.532. The van der Waals surface area contributed by atoms with Crippen molar-refractivity contribution in [3.8, 4) is 0 Å². The van der Waals surface area contributed by atoms with E-state index in [1.165, 1.54) is 6.07 Å². The first-order chi connectivity index (χ1) is 6.04. The number of hydrogen-bond acceptors (Lipinski definition) is 1. The van der Waals surface area contributed by atoms with Crippen LogP contribution in [0.15, 0.2) is 34.8 Å². The van der Waals surface area contributed by atoms with E-state index >= 15 is 0 Å². The summed E-state index contributed by atoms with van der Waals surface area (Å²) in [5.41, 5.74) is 0.388. The van der Waals surface area contributed by atoms with Gasteiger partial charge >= 0.3 is 0 Å². The first-order valence-corrected chi connectivity index (χ1v) is 4.47. The molecule has 0 aliphatic carbocycles. The van der Waals surface area contributed by atoms with Gasteiger partial charge in [0.25, 0.3) is 0 Å². The Morgan fingerprint density at radius 2 is 2.15 bits per heavy atom. The molecule has 0 N–H and O–H groups in total. The largest absolute Gasteiger partial charge is 0.289 e. The van der Waals surface area contributed by atoms with Gasteiger partial charge in [0, 0.05) is 0 Å². The average molecular weight is 243 g/mol. The number of carbonyl (C=O) groups is 1. The summed E-state index contributed by atoms with van der Waals surface area (Å²) in [7, 11) is 0. The minimum absolute atomic E-state index is 0.0573. The zero-order chi connectivity index (χ0) is 10.0. The van der Waals surface area contributed by atoms with Crippen molar-refractivity contribution >= 4 is 21.7 Å². The quantitative estimate of drug-likeness (QED) is 0.575. The van der Waals surface area contributed by atoms with Gasteiger partial charge in [-0.2, -0.15) is 0 Å². The molecule has 0 atom stereocenters. The van der Waals surface area contributed by atoms with Gasteiger partial charge in [0.05, 0.1) is 10.0 Å². The molecule has 1 nitrogen and oxygen atoms in total. The third-order valence-electron chi connectivity index (χ3n) is 1.58. The number of Topliss-reactive ketones (excluding diaryl/α,β-unsaturated/α-hetero) is 1. The van der Waals surface area contributed by atoms with Gasteiger partial charge in [0.15, 0.2) is 5.78 Å². The molecule has 0 spiro atoms. The summed E-state index contributed by atoms with van der Waals surface area (Å²) in [6.45, 7) is 5.03. The first kappa shape index (κ1) is 10.1. The van der Waals surface area contributed by atoms with Crippen LogP contribution in [-0.2, 0) is 0 Å². The molecular weight excluding hydrogens is 235 g/mol. The van der Waals surface area contributed by atoms with Crippen LogP contribution in [0, 0.1) is 5.82 Å². The van der Waals surface area contributed by atoms with Gasteiger partial charge in [-0.05, 0) is 40.6 Å². The Labute approximate surface area is 84.4 Å². The molecule has 1 rings (SSSR count). The lowest BCUT2D eigenvalue weighted by Gasteiger charge is -2.02. The van der Waals surface area contributed by atoms with E-state index in [1.54, 1.807) is 19.1 Å². The number of allylic oxidation sites excluding steroid dienone is 1. The van der Waals surface area contributed by atoms with E-state index in [1.807, 2.05) is 0 Å². The highest BCUT2D eigenvalue weighted by Crippen LogP contribution is 2.20. The van der Waals surface area contributed by atoms with E-state index in [-0.39, 0.29) is 11.3 Å². The second-order valence-corrected chi connectivity index (χ2v) is 3.57. The molecule has 0 heterocycles. The Balaban J connectivity index is 3.23. The van der Waals surface area contributed by atoms with Gasteiger partial charge in [-0.15, -0.1) is 0 Å². The number of rotatable bonds is 2. The molecule has 0 bridgehead atoms. The Morgan fingerprint density at radius 3 is 2.69 bits per heavy atom. The zero-order valence-corrected chi connectivity index (χ0v) is 8.69. The maximum Gasteiger partial charge on any atom is 0.191 e. The predicted molar refractivity (Wildman–Crippen MR) is 53.2 cm³/mol. The monoisotopic (exact) mass is 242 g/mol. The number of carbonyl (C=O) groups excluding carboxylic acids is 1. The van der Waals surface area contributed by atoms with Crippen LogP contribution in [0.1, 0.15) is 17.3 Å². The van der Waals surface area contributed by atoms with Crippen molar-refractivity contribution in [2.75, 3.05) is 0 Å². The first-order valence-electron chi connectivity index (χ1n) is 3.68. The van der Waals surface area contributed by atoms with Gasteiger partial charge in [0.2, 0.25) is 0 Å². The second kappa shape index (κ2) is 3.83. The van der Waals surface area contributed by atoms with Crippen LogP contribution in [0.2, 0.25) is 0 Å². The van der Waals surface area contributed by atoms with Crippen LogP contribution >= 0.6 is 15.9 Å². The molecule has 1 aromatic rings. The van der Waals surface area contributed by atoms with Crippen LogP contribution < -0.4 is 0 Å². The van der Waals surface area contributed by atoms with Crippen LogP contribution in [0.25, 0.3) is 0 Å². The minimum Gasteiger partial charge on any atom is -0.289 e. The lowest BCUT2D eigenvalue weighted by molar-refractivity contribution is 0.103. The number of halogens is 2. The molecule has 0 fully saturated rings. The Hall–Kier alpha value is -0.960. The second-order valence-electron chi connectivity index (χ2n) is 2.71. The summed E-state index contributed by atoms with van der Waals surface area (Å²) in [6.07, 6.45) is 0. The third-order valence-corrected chi connectivity index (χ3v) is 2.20. The third kappa shape index (κ3) is 2.04. The SMILES string of the molecule is C=C(C)C(=O)c1cccc(Br)c1F. The van der Waals surface area contributed by atoms with Gasteiger partial charge in [-0.3, -0.25) is 4.79 Å². The van der Waals surface area contributed by atoms with Crippen molar-refractivity contribution in [2.24, 2.45) is 0 Å². The van der Waals surface area contributed by atoms with Crippen molar-refractivity contribution in [1.82, 2.24) is 0 Å². The van der Waals surface area contributed by atoms with Crippen LogP contribution in [0.3, 0.4) is 0 Å². The lowest BCUT2D eigenvalue weighted by Crippen LogP contribution is -2.03. The average Bonchev–Trinajstić information content (AvgIpc) is 2.08. The number of hydrogen-bond donors (Lipinski definition) is 0. The standard InChI is InChI=1S/C10H8BrFO/c1-6(2)10(13)7-4-3-5-8(11)9(7)12/h3-5H,1H2,2H3. The van der Waals surface area contributed by atoms with Gasteiger partial charge in [-0.1, -0.05) is 12.6 Å². The molecule has 13 heavy (non-hydrogen) atoms. The molecule has 0 aliphatic heterocycles. The lowest BCUT2D eigenvalue weighted by atomic mass is 10.1. The smallest absolute Gasteiger partial charge is 0.191 e. The van der Waals surface area contributed by atoms with E-state index < -0.39 is 5.82 Å². The summed E-state index contributed by atoms with van der Waals surface area (Å²) in [4.78, 5) is 11.4. The fourth-order valence-electron chi connectivity index (χ4n) is 0.909. The van der Waals surface area contributed by atoms with E-state index in [4.69, 9.17) is 0 Å². The molecule has 0 saturated heterocycles. The van der Waals surface area contributed by atoms with Crippen molar-refractivity contribution in [2.45, 2.75) is 6.92 Å². The van der Waals surface area contributed by atoms with E-state index in [9.17, 15) is 9.18 Å². The Morgan fingerprint density at radius 1 is 1.54 bits per heavy atom. The molecule has 0 unspecified atom stereocenters. The topological polar surface area (TPSA) is 17.1 Å². The highest BCUT2D eigenvalue weighted by molar-refractivity contribution is 9.10. The van der Waals surface area contributed by atoms with Crippen molar-refractivity contribution in [3.63, 3.8) is 0 Å². The molecule has 0 amide bonds. The fraction of sp³-hybridized carbons (Fsp3) is 0.100. The molecule has 1 aromatic carbocycles. The molecule has 0 radical (unpaired) electrons. The number of ketones is 1. The Bertz CT molecular complexity index is 371. The molecular formula is C10H8BrFO. The highest BCUT2D eigenvalue weighted by atomic mass is 79.9. The normalized spacial score (nSPS) is 9.77. The van der Waals surface area contributed by atoms with Crippen LogP contribution in [0.4, 0.5) is 4.39 Å². The molecule has 0 aliphatic rings. The van der Waals surface area contributed by atoms with Gasteiger partial charge in [0.1, 0.15) is 5.82 Å². The van der Waals surface area contributed by atoms with Crippen LogP contribution in [-0.4, -0.2) is 5.78 Å². The highest BCUT2D eigenvalue weighted by Gasteiger charge is 2.13. The summed E-state index contributed by atoms with van der Waals surface area (Å²) < 4.78 is 13.6. The van der Waals surface area contributed by atoms with Crippen LogP contribution in [0.5, 0.6) is 0 Å². The fourth-order valence-corrected chi connectivity index (χ4v) is 1.28. The van der Waals surface area contributed by atoms with Crippen molar-refractivity contribution in [3.05, 3.63) is 46.2 Å². The number of benzene rings is 1. The molecule has 0 saturated carbocycles. The maximum atomic E-state index is 13.3. The molecule has 68 valence electrons. The van der Waals surface area contributed by atoms with Gasteiger partial charge < -0.3 is 0 Å². The van der Waals surface area contributed by atoms with E-state index in [2.05, 4.69) is 22.5 Å². The Kier molecular flexibility index (Phi) is 2.98. The van der Waals surface area contributed by atoms with Crippen molar-refractivity contribution in [1.29, 1.82) is 0 Å². The summed E-state index contributed by atoms with van der Waals surface area (Å²) in [6, 6.07) is 4.60. The predicted octanol–water partition coefficient (Wildman–Crippen LogP) is 3.35. The van der Waals surface area contributed by atoms with E-state index in [0.717, 1.165) is 0 Å². The summed E-state index contributed by atoms with van der Waals surface area (Å²) in [5.74, 6) is -0.894. The van der Waals surface area contributed by atoms with Crippen molar-refractivity contribution < 1.29 is 9.18 Å². The molecule has 3 heteroatoms. The van der Waals surface area contributed by atoms with E-state index in [0.29, 0.717) is 10.0 Å². The maximum absolute atomic E-state index is 13.3. The molecule has 0 aromatic heterocycles. The summed E-state index contributed by atoms with van der Waals surface area (Å²) >= 11 is 3.01. The van der Waals surface area contributed by atoms with Gasteiger partial charge in [-0.25, -0.2) is 4.39 Å². The summed E-state index contributed by atoms with van der Waals surface area (Å²) in [5, 5.41) is 0. The zero-order valence-electron chi connectivity index (χ0n) is 7.10.